The van der Waals surface area contributed by atoms with Crippen molar-refractivity contribution in [2.45, 2.75) is 45.0 Å². The highest BCUT2D eigenvalue weighted by Crippen LogP contribution is 2.60. The lowest BCUT2D eigenvalue weighted by Crippen LogP contribution is -2.47. The second-order valence-electron chi connectivity index (χ2n) is 10.2. The number of carbonyl (C=O) groups excluding carboxylic acids is 3. The van der Waals surface area contributed by atoms with Gasteiger partial charge in [0, 0.05) is 35.5 Å². The van der Waals surface area contributed by atoms with Crippen LogP contribution in [0.5, 0.6) is 0 Å². The van der Waals surface area contributed by atoms with Crippen LogP contribution in [-0.4, -0.2) is 74.2 Å². The van der Waals surface area contributed by atoms with Crippen LogP contribution in [0, 0.1) is 5.41 Å². The number of ether oxygens (including phenoxy) is 2. The van der Waals surface area contributed by atoms with Crippen LogP contribution in [0.4, 0.5) is 5.82 Å². The number of hydrogen-bond acceptors (Lipinski definition) is 8. The largest absolute Gasteiger partial charge is 0.377 e. The number of halogens is 1. The number of ketones is 1. The monoisotopic (exact) mass is 594 g/mol. The van der Waals surface area contributed by atoms with Gasteiger partial charge in [0.25, 0.3) is 0 Å². The Morgan fingerprint density at radius 1 is 1.18 bits per heavy atom. The molecule has 202 valence electrons. The maximum absolute atomic E-state index is 13.8. The molecule has 6 rings (SSSR count). The average molecular weight is 595 g/mol. The first kappa shape index (κ1) is 25.8. The molecule has 39 heavy (non-hydrogen) atoms. The van der Waals surface area contributed by atoms with E-state index in [0.717, 1.165) is 12.0 Å². The molecular formula is C27H27BrN6O5. The number of pyridine rings is 2. The Bertz CT molecular complexity index is 1510. The molecule has 3 aromatic rings. The van der Waals surface area contributed by atoms with Crippen molar-refractivity contribution in [3.8, 4) is 0 Å². The summed E-state index contributed by atoms with van der Waals surface area (Å²) < 4.78 is 13.7. The van der Waals surface area contributed by atoms with Gasteiger partial charge in [-0.05, 0) is 40.9 Å². The lowest BCUT2D eigenvalue weighted by Gasteiger charge is -2.27. The summed E-state index contributed by atoms with van der Waals surface area (Å²) in [6.07, 6.45) is 8.24. The highest BCUT2D eigenvalue weighted by molar-refractivity contribution is 9.10. The molecular weight excluding hydrogens is 568 g/mol. The van der Waals surface area contributed by atoms with E-state index in [4.69, 9.17) is 9.47 Å². The Labute approximate surface area is 232 Å². The summed E-state index contributed by atoms with van der Waals surface area (Å²) in [6.45, 7) is 2.86. The highest BCUT2D eigenvalue weighted by Gasteiger charge is 2.67. The molecule has 1 spiro atoms. The first-order chi connectivity index (χ1) is 18.9. The average Bonchev–Trinajstić information content (AvgIpc) is 3.32. The van der Waals surface area contributed by atoms with Crippen molar-refractivity contribution in [3.63, 3.8) is 0 Å². The summed E-state index contributed by atoms with van der Waals surface area (Å²) in [5, 5.41) is 8.00. The zero-order valence-corrected chi connectivity index (χ0v) is 22.9. The van der Waals surface area contributed by atoms with Gasteiger partial charge in [-0.3, -0.25) is 24.0 Å². The Morgan fingerprint density at radius 3 is 2.82 bits per heavy atom. The van der Waals surface area contributed by atoms with Gasteiger partial charge in [0.05, 0.1) is 38.1 Å². The zero-order valence-electron chi connectivity index (χ0n) is 21.3. The summed E-state index contributed by atoms with van der Waals surface area (Å²) in [5.74, 6) is -0.375. The number of anilines is 1. The van der Waals surface area contributed by atoms with Crippen molar-refractivity contribution in [1.82, 2.24) is 24.6 Å². The van der Waals surface area contributed by atoms with Gasteiger partial charge in [0.1, 0.15) is 28.7 Å². The first-order valence-corrected chi connectivity index (χ1v) is 13.5. The second-order valence-corrected chi connectivity index (χ2v) is 11.0. The molecule has 2 bridgehead atoms. The predicted molar refractivity (Wildman–Crippen MR) is 144 cm³/mol. The molecule has 11 nitrogen and oxygen atoms in total. The molecule has 0 unspecified atom stereocenters. The Morgan fingerprint density at radius 2 is 2.00 bits per heavy atom. The van der Waals surface area contributed by atoms with Crippen LogP contribution >= 0.6 is 15.9 Å². The van der Waals surface area contributed by atoms with Gasteiger partial charge < -0.3 is 19.7 Å². The zero-order chi connectivity index (χ0) is 27.1. The molecule has 1 saturated carbocycles. The van der Waals surface area contributed by atoms with E-state index < -0.39 is 6.04 Å². The fraction of sp³-hybridized carbons (Fsp3) is 0.407. The number of nitrogens with zero attached hydrogens (tertiary/aromatic N) is 5. The summed E-state index contributed by atoms with van der Waals surface area (Å²) in [4.78, 5) is 50.0. The lowest BCUT2D eigenvalue weighted by atomic mass is 10.00. The van der Waals surface area contributed by atoms with E-state index in [1.165, 1.54) is 11.6 Å². The van der Waals surface area contributed by atoms with Crippen molar-refractivity contribution in [3.05, 3.63) is 58.6 Å². The molecule has 1 N–H and O–H groups in total. The fourth-order valence-electron chi connectivity index (χ4n) is 5.62. The third-order valence-corrected chi connectivity index (χ3v) is 8.05. The molecule has 3 atom stereocenters. The molecule has 3 aliphatic rings. The van der Waals surface area contributed by atoms with E-state index in [-0.39, 0.29) is 47.9 Å². The minimum Gasteiger partial charge on any atom is -0.377 e. The third kappa shape index (κ3) is 4.88. The highest BCUT2D eigenvalue weighted by atomic mass is 79.9. The number of likely N-dealkylation sites (tertiary alicyclic amines) is 1. The van der Waals surface area contributed by atoms with Gasteiger partial charge in [-0.15, -0.1) is 0 Å². The number of nitrogens with one attached hydrogen (secondary N) is 1. The number of amides is 2. The molecule has 2 fully saturated rings. The van der Waals surface area contributed by atoms with E-state index in [9.17, 15) is 14.4 Å². The van der Waals surface area contributed by atoms with E-state index in [2.05, 4.69) is 36.3 Å². The van der Waals surface area contributed by atoms with Crippen LogP contribution in [-0.2, 0) is 32.2 Å². The summed E-state index contributed by atoms with van der Waals surface area (Å²) in [7, 11) is 0. The summed E-state index contributed by atoms with van der Waals surface area (Å²) in [5.41, 5.74) is 1.32. The summed E-state index contributed by atoms with van der Waals surface area (Å²) >= 11 is 3.38. The quantitative estimate of drug-likeness (QED) is 0.278. The number of fused-ring (bicyclic) bond motifs is 3. The normalized spacial score (nSPS) is 25.7. The van der Waals surface area contributed by atoms with E-state index in [0.29, 0.717) is 47.6 Å². The number of piperidine rings is 1. The number of hydrogen-bond donors (Lipinski definition) is 1. The Kier molecular flexibility index (Phi) is 6.77. The lowest BCUT2D eigenvalue weighted by molar-refractivity contribution is -0.138. The second kappa shape index (κ2) is 10.2. The molecule has 1 saturated heterocycles. The van der Waals surface area contributed by atoms with E-state index in [1.807, 2.05) is 18.2 Å². The molecule has 1 aliphatic carbocycles. The van der Waals surface area contributed by atoms with Crippen LogP contribution in [0.1, 0.15) is 35.8 Å². The Hall–Kier alpha value is -3.48. The smallest absolute Gasteiger partial charge is 0.248 e. The number of rotatable bonds is 3. The number of carbonyl (C=O) groups is 3. The van der Waals surface area contributed by atoms with Crippen LogP contribution in [0.2, 0.25) is 0 Å². The Balaban J connectivity index is 1.31. The minimum atomic E-state index is -0.706. The van der Waals surface area contributed by atoms with Gasteiger partial charge in [0.15, 0.2) is 5.78 Å². The van der Waals surface area contributed by atoms with Crippen LogP contribution in [0.25, 0.3) is 10.9 Å². The van der Waals surface area contributed by atoms with Crippen LogP contribution < -0.4 is 5.32 Å². The third-order valence-electron chi connectivity index (χ3n) is 7.61. The molecule has 5 heterocycles. The van der Waals surface area contributed by atoms with Crippen molar-refractivity contribution in [1.29, 1.82) is 0 Å². The SMILES string of the molecule is CC(=O)c1nn(CC(=O)N2[C@H]3C[C@@]4(COC/C=C/COCc5ccc(Br)nc5NC3=O)C[C@@H]24)c2cnccc12. The maximum atomic E-state index is 13.8. The molecule has 0 aromatic carbocycles. The molecule has 3 aromatic heterocycles. The van der Waals surface area contributed by atoms with Gasteiger partial charge in [-0.25, -0.2) is 4.98 Å². The maximum Gasteiger partial charge on any atom is 0.248 e. The molecule has 2 aliphatic heterocycles. The van der Waals surface area contributed by atoms with Crippen LogP contribution in [0.15, 0.2) is 47.3 Å². The standard InChI is InChI=1S/C27H27BrN6O5/c1-16(35)24-18-6-7-29-12-20(18)33(32-24)13-23(36)34-19-10-27(11-21(27)34)15-39-9-3-2-8-38-14-17-4-5-22(28)30-25(17)31-26(19)37/h2-7,12,19,21H,8-11,13-15H2,1H3,(H,30,31,37)/b3-2+/t19-,21+,27-/m0/s1. The van der Waals surface area contributed by atoms with Gasteiger partial charge in [-0.2, -0.15) is 5.10 Å². The van der Waals surface area contributed by atoms with Gasteiger partial charge >= 0.3 is 0 Å². The van der Waals surface area contributed by atoms with Crippen LogP contribution in [0.3, 0.4) is 0 Å². The number of Topliss-reactive ketones (excluding diaryl/α,β-unsaturated/α-hetero) is 1. The first-order valence-electron chi connectivity index (χ1n) is 12.8. The molecule has 0 radical (unpaired) electrons. The molecule has 2 amide bonds. The molecule has 12 heteroatoms. The topological polar surface area (TPSA) is 129 Å². The van der Waals surface area contributed by atoms with Crippen molar-refractivity contribution >= 4 is 50.2 Å². The number of aromatic nitrogens is 4. The van der Waals surface area contributed by atoms with E-state index >= 15 is 0 Å². The van der Waals surface area contributed by atoms with Crippen molar-refractivity contribution < 1.29 is 23.9 Å². The summed E-state index contributed by atoms with van der Waals surface area (Å²) in [6, 6.07) is 4.52. The van der Waals surface area contributed by atoms with Crippen molar-refractivity contribution in [2.24, 2.45) is 5.41 Å². The van der Waals surface area contributed by atoms with Gasteiger partial charge in [-0.1, -0.05) is 18.2 Å². The fourth-order valence-corrected chi connectivity index (χ4v) is 5.93. The predicted octanol–water partition coefficient (Wildman–Crippen LogP) is 2.89. The van der Waals surface area contributed by atoms with Crippen molar-refractivity contribution in [2.75, 3.05) is 25.1 Å². The minimum absolute atomic E-state index is 0.121. The van der Waals surface area contributed by atoms with Gasteiger partial charge in [0.2, 0.25) is 11.8 Å². The van der Waals surface area contributed by atoms with E-state index in [1.54, 1.807) is 29.4 Å².